The number of carboxylic acid groups (broad SMARTS) is 1. The summed E-state index contributed by atoms with van der Waals surface area (Å²) in [4.78, 5) is 33.1. The average Bonchev–Trinajstić information content (AvgIpc) is 2.35. The predicted molar refractivity (Wildman–Crippen MR) is 64.1 cm³/mol. The van der Waals surface area contributed by atoms with Gasteiger partial charge in [-0.05, 0) is 18.2 Å². The number of nitrogens with one attached hydrogen (secondary N) is 2. The third kappa shape index (κ3) is 4.36. The van der Waals surface area contributed by atoms with Gasteiger partial charge in [-0.1, -0.05) is 0 Å². The molecule has 0 fully saturated rings. The molecule has 0 aliphatic rings. The van der Waals surface area contributed by atoms with E-state index in [1.807, 2.05) is 0 Å². The molecule has 0 aliphatic carbocycles. The van der Waals surface area contributed by atoms with Crippen molar-refractivity contribution < 1.29 is 23.9 Å². The first kappa shape index (κ1) is 14.6. The number of halogens is 1. The van der Waals surface area contributed by atoms with Crippen molar-refractivity contribution in [3.8, 4) is 0 Å². The topological polar surface area (TPSA) is 122 Å². The molecule has 102 valence electrons. The van der Waals surface area contributed by atoms with Gasteiger partial charge in [0, 0.05) is 0 Å². The second kappa shape index (κ2) is 6.45. The molecule has 0 saturated heterocycles. The molecule has 0 bridgehead atoms. The van der Waals surface area contributed by atoms with Crippen LogP contribution in [0.4, 0.5) is 10.1 Å². The molecule has 0 saturated carbocycles. The largest absolute Gasteiger partial charge is 0.478 e. The third-order valence-electron chi connectivity index (χ3n) is 2.12. The number of amides is 2. The van der Waals surface area contributed by atoms with Gasteiger partial charge in [-0.25, -0.2) is 9.18 Å². The van der Waals surface area contributed by atoms with E-state index in [-0.39, 0.29) is 24.3 Å². The molecule has 0 radical (unpaired) electrons. The number of hydrogen-bond acceptors (Lipinski definition) is 4. The first-order valence-corrected chi connectivity index (χ1v) is 5.23. The molecule has 19 heavy (non-hydrogen) atoms. The number of carbonyl (C=O) groups is 3. The Balaban J connectivity index is 2.75. The normalized spacial score (nSPS) is 9.79. The Bertz CT molecular complexity index is 519. The van der Waals surface area contributed by atoms with Crippen LogP contribution in [-0.4, -0.2) is 36.0 Å². The lowest BCUT2D eigenvalue weighted by molar-refractivity contribution is -0.123. The summed E-state index contributed by atoms with van der Waals surface area (Å²) >= 11 is 0. The van der Waals surface area contributed by atoms with E-state index >= 15 is 0 Å². The molecule has 5 N–H and O–H groups in total. The lowest BCUT2D eigenvalue weighted by atomic mass is 10.1. The zero-order chi connectivity index (χ0) is 14.4. The van der Waals surface area contributed by atoms with Crippen molar-refractivity contribution in [2.45, 2.75) is 0 Å². The molecular formula is C11H12FN3O4. The van der Waals surface area contributed by atoms with Crippen LogP contribution in [0, 0.1) is 5.82 Å². The van der Waals surface area contributed by atoms with Crippen LogP contribution in [0.2, 0.25) is 0 Å². The summed E-state index contributed by atoms with van der Waals surface area (Å²) < 4.78 is 13.0. The van der Waals surface area contributed by atoms with Gasteiger partial charge in [0.25, 0.3) is 0 Å². The van der Waals surface area contributed by atoms with Gasteiger partial charge in [-0.15, -0.1) is 0 Å². The number of benzene rings is 1. The second-order valence-electron chi connectivity index (χ2n) is 3.52. The van der Waals surface area contributed by atoms with Gasteiger partial charge in [-0.3, -0.25) is 9.59 Å². The van der Waals surface area contributed by atoms with E-state index in [0.717, 1.165) is 18.2 Å². The minimum Gasteiger partial charge on any atom is -0.478 e. The van der Waals surface area contributed by atoms with Crippen LogP contribution in [0.3, 0.4) is 0 Å². The van der Waals surface area contributed by atoms with Crippen LogP contribution < -0.4 is 16.4 Å². The van der Waals surface area contributed by atoms with Crippen LogP contribution >= 0.6 is 0 Å². The van der Waals surface area contributed by atoms with E-state index in [2.05, 4.69) is 10.6 Å². The number of carboxylic acids is 1. The number of rotatable bonds is 5. The summed E-state index contributed by atoms with van der Waals surface area (Å²) in [6, 6.07) is 2.88. The SMILES string of the molecule is NCC(=O)NCC(=O)Nc1cc(F)ccc1C(=O)O. The molecule has 2 amide bonds. The molecule has 0 aromatic heterocycles. The molecular weight excluding hydrogens is 257 g/mol. The summed E-state index contributed by atoms with van der Waals surface area (Å²) in [7, 11) is 0. The zero-order valence-corrected chi connectivity index (χ0v) is 9.77. The van der Waals surface area contributed by atoms with Gasteiger partial charge in [0.1, 0.15) is 5.82 Å². The average molecular weight is 269 g/mol. The predicted octanol–water partition coefficient (Wildman–Crippen LogP) is -0.463. The molecule has 0 heterocycles. The van der Waals surface area contributed by atoms with Crippen molar-refractivity contribution in [2.24, 2.45) is 5.73 Å². The first-order valence-electron chi connectivity index (χ1n) is 5.23. The summed E-state index contributed by atoms with van der Waals surface area (Å²) in [5.74, 6) is -3.21. The Labute approximate surface area is 107 Å². The van der Waals surface area contributed by atoms with Gasteiger partial charge in [0.2, 0.25) is 11.8 Å². The lowest BCUT2D eigenvalue weighted by Crippen LogP contribution is -2.36. The first-order chi connectivity index (χ1) is 8.93. The highest BCUT2D eigenvalue weighted by Gasteiger charge is 2.13. The second-order valence-corrected chi connectivity index (χ2v) is 3.52. The number of aromatic carboxylic acids is 1. The standard InChI is InChI=1S/C11H12FN3O4/c12-6-1-2-7(11(18)19)8(3-6)15-10(17)5-14-9(16)4-13/h1-3H,4-5,13H2,(H,14,16)(H,15,17)(H,18,19). The van der Waals surface area contributed by atoms with E-state index in [4.69, 9.17) is 10.8 Å². The minimum atomic E-state index is -1.30. The lowest BCUT2D eigenvalue weighted by Gasteiger charge is -2.09. The molecule has 7 nitrogen and oxygen atoms in total. The fraction of sp³-hybridized carbons (Fsp3) is 0.182. The maximum atomic E-state index is 13.0. The third-order valence-corrected chi connectivity index (χ3v) is 2.12. The maximum Gasteiger partial charge on any atom is 0.337 e. The molecule has 1 aromatic carbocycles. The van der Waals surface area contributed by atoms with Gasteiger partial charge in [-0.2, -0.15) is 0 Å². The van der Waals surface area contributed by atoms with Crippen LogP contribution in [0.1, 0.15) is 10.4 Å². The highest BCUT2D eigenvalue weighted by Crippen LogP contribution is 2.17. The van der Waals surface area contributed by atoms with E-state index in [1.54, 1.807) is 0 Å². The summed E-state index contributed by atoms with van der Waals surface area (Å²) in [6.07, 6.45) is 0. The van der Waals surface area contributed by atoms with Crippen molar-refractivity contribution in [2.75, 3.05) is 18.4 Å². The Kier molecular flexibility index (Phi) is 4.95. The van der Waals surface area contributed by atoms with Gasteiger partial charge in [0.15, 0.2) is 0 Å². The minimum absolute atomic E-state index is 0.181. The fourth-order valence-corrected chi connectivity index (χ4v) is 1.25. The Morgan fingerprint density at radius 3 is 2.53 bits per heavy atom. The Hall–Kier alpha value is -2.48. The van der Waals surface area contributed by atoms with Crippen LogP contribution in [0.25, 0.3) is 0 Å². The molecule has 1 rings (SSSR count). The summed E-state index contributed by atoms with van der Waals surface area (Å²) in [6.45, 7) is -0.654. The highest BCUT2D eigenvalue weighted by atomic mass is 19.1. The van der Waals surface area contributed by atoms with Gasteiger partial charge in [0.05, 0.1) is 24.3 Å². The van der Waals surface area contributed by atoms with Crippen molar-refractivity contribution >= 4 is 23.5 Å². The zero-order valence-electron chi connectivity index (χ0n) is 9.77. The van der Waals surface area contributed by atoms with Crippen LogP contribution in [0.5, 0.6) is 0 Å². The Morgan fingerprint density at radius 2 is 1.95 bits per heavy atom. The molecule has 0 unspecified atom stereocenters. The molecule has 0 spiro atoms. The quantitative estimate of drug-likeness (QED) is 0.576. The van der Waals surface area contributed by atoms with Gasteiger partial charge < -0.3 is 21.5 Å². The fourth-order valence-electron chi connectivity index (χ4n) is 1.25. The van der Waals surface area contributed by atoms with E-state index < -0.39 is 23.6 Å². The number of nitrogens with two attached hydrogens (primary N) is 1. The highest BCUT2D eigenvalue weighted by molar-refractivity contribution is 6.01. The van der Waals surface area contributed by atoms with Crippen molar-refractivity contribution in [3.63, 3.8) is 0 Å². The molecule has 0 atom stereocenters. The van der Waals surface area contributed by atoms with E-state index in [1.165, 1.54) is 0 Å². The number of hydrogen-bond donors (Lipinski definition) is 4. The van der Waals surface area contributed by atoms with Crippen molar-refractivity contribution in [1.29, 1.82) is 0 Å². The summed E-state index contributed by atoms with van der Waals surface area (Å²) in [5.41, 5.74) is 4.59. The molecule has 8 heteroatoms. The van der Waals surface area contributed by atoms with Crippen LogP contribution in [-0.2, 0) is 9.59 Å². The van der Waals surface area contributed by atoms with Crippen molar-refractivity contribution in [1.82, 2.24) is 5.32 Å². The van der Waals surface area contributed by atoms with Crippen LogP contribution in [0.15, 0.2) is 18.2 Å². The smallest absolute Gasteiger partial charge is 0.337 e. The Morgan fingerprint density at radius 1 is 1.26 bits per heavy atom. The van der Waals surface area contributed by atoms with Crippen molar-refractivity contribution in [3.05, 3.63) is 29.6 Å². The maximum absolute atomic E-state index is 13.0. The summed E-state index contributed by atoms with van der Waals surface area (Å²) in [5, 5.41) is 13.3. The monoisotopic (exact) mass is 269 g/mol. The number of anilines is 1. The molecule has 1 aromatic rings. The van der Waals surface area contributed by atoms with E-state index in [9.17, 15) is 18.8 Å². The number of carbonyl (C=O) groups excluding carboxylic acids is 2. The van der Waals surface area contributed by atoms with Gasteiger partial charge >= 0.3 is 5.97 Å². The van der Waals surface area contributed by atoms with E-state index in [0.29, 0.717) is 0 Å². The molecule has 0 aliphatic heterocycles.